The summed E-state index contributed by atoms with van der Waals surface area (Å²) in [6, 6.07) is 6.09. The Morgan fingerprint density at radius 2 is 2.07 bits per heavy atom. The molecule has 0 radical (unpaired) electrons. The van der Waals surface area contributed by atoms with E-state index in [0.717, 1.165) is 16.9 Å². The number of methoxy groups -OCH3 is 1. The van der Waals surface area contributed by atoms with Crippen molar-refractivity contribution in [1.29, 1.82) is 0 Å². The molecular weight excluding hydrogens is 190 g/mol. The van der Waals surface area contributed by atoms with E-state index in [-0.39, 0.29) is 6.04 Å². The molecule has 3 heteroatoms. The van der Waals surface area contributed by atoms with Crippen LogP contribution in [0, 0.1) is 6.92 Å². The molecule has 1 aromatic rings. The normalized spacial score (nSPS) is 12.5. The van der Waals surface area contributed by atoms with Gasteiger partial charge in [-0.25, -0.2) is 0 Å². The van der Waals surface area contributed by atoms with Gasteiger partial charge in [0, 0.05) is 13.2 Å². The lowest BCUT2D eigenvalue weighted by Crippen LogP contribution is -2.07. The van der Waals surface area contributed by atoms with Crippen molar-refractivity contribution in [2.45, 2.75) is 19.9 Å². The predicted octanol–water partition coefficient (Wildman–Crippen LogP) is 2.04. The van der Waals surface area contributed by atoms with E-state index >= 15 is 0 Å². The second-order valence-electron chi connectivity index (χ2n) is 3.65. The first kappa shape index (κ1) is 12.0. The highest BCUT2D eigenvalue weighted by atomic mass is 16.5. The molecule has 2 N–H and O–H groups in total. The zero-order valence-corrected chi connectivity index (χ0v) is 9.62. The molecule has 15 heavy (non-hydrogen) atoms. The summed E-state index contributed by atoms with van der Waals surface area (Å²) >= 11 is 0. The van der Waals surface area contributed by atoms with Gasteiger partial charge in [0.25, 0.3) is 0 Å². The standard InChI is InChI=1S/C12H19NO2/c1-9-8-11(10(2)13)4-5-12(9)15-7-6-14-3/h4-5,8,10H,6-7,13H2,1-3H3. The first-order valence-electron chi connectivity index (χ1n) is 5.13. The van der Waals surface area contributed by atoms with Crippen molar-refractivity contribution in [3.8, 4) is 5.75 Å². The number of hydrogen-bond donors (Lipinski definition) is 1. The molecule has 1 aromatic carbocycles. The summed E-state index contributed by atoms with van der Waals surface area (Å²) in [5.41, 5.74) is 8.04. The van der Waals surface area contributed by atoms with Gasteiger partial charge in [0.15, 0.2) is 0 Å². The van der Waals surface area contributed by atoms with E-state index in [1.807, 2.05) is 26.0 Å². The maximum atomic E-state index is 5.79. The van der Waals surface area contributed by atoms with E-state index in [2.05, 4.69) is 6.07 Å². The molecule has 0 saturated carbocycles. The Labute approximate surface area is 91.2 Å². The van der Waals surface area contributed by atoms with Gasteiger partial charge in [-0.1, -0.05) is 12.1 Å². The Kier molecular flexibility index (Phi) is 4.59. The molecule has 0 aliphatic heterocycles. The predicted molar refractivity (Wildman–Crippen MR) is 61.2 cm³/mol. The lowest BCUT2D eigenvalue weighted by atomic mass is 10.1. The summed E-state index contributed by atoms with van der Waals surface area (Å²) in [7, 11) is 1.66. The van der Waals surface area contributed by atoms with E-state index in [9.17, 15) is 0 Å². The smallest absolute Gasteiger partial charge is 0.122 e. The fourth-order valence-corrected chi connectivity index (χ4v) is 1.35. The van der Waals surface area contributed by atoms with Crippen molar-refractivity contribution in [2.75, 3.05) is 20.3 Å². The Bertz CT molecular complexity index is 310. The van der Waals surface area contributed by atoms with Crippen LogP contribution in [0.15, 0.2) is 18.2 Å². The monoisotopic (exact) mass is 209 g/mol. The first-order valence-corrected chi connectivity index (χ1v) is 5.13. The highest BCUT2D eigenvalue weighted by Crippen LogP contribution is 2.21. The quantitative estimate of drug-likeness (QED) is 0.755. The van der Waals surface area contributed by atoms with Crippen molar-refractivity contribution < 1.29 is 9.47 Å². The van der Waals surface area contributed by atoms with Gasteiger partial charge in [0.2, 0.25) is 0 Å². The highest BCUT2D eigenvalue weighted by Gasteiger charge is 2.03. The molecule has 0 spiro atoms. The lowest BCUT2D eigenvalue weighted by Gasteiger charge is -2.11. The highest BCUT2D eigenvalue weighted by molar-refractivity contribution is 5.37. The number of ether oxygens (including phenoxy) is 2. The summed E-state index contributed by atoms with van der Waals surface area (Å²) < 4.78 is 10.5. The molecule has 1 rings (SSSR count). The van der Waals surface area contributed by atoms with Crippen LogP contribution in [0.2, 0.25) is 0 Å². The fraction of sp³-hybridized carbons (Fsp3) is 0.500. The molecule has 0 saturated heterocycles. The average Bonchev–Trinajstić information content (AvgIpc) is 2.20. The molecule has 3 nitrogen and oxygen atoms in total. The summed E-state index contributed by atoms with van der Waals surface area (Å²) in [5.74, 6) is 0.899. The average molecular weight is 209 g/mol. The third kappa shape index (κ3) is 3.53. The summed E-state index contributed by atoms with van der Waals surface area (Å²) in [6.07, 6.45) is 0. The fourth-order valence-electron chi connectivity index (χ4n) is 1.35. The van der Waals surface area contributed by atoms with Crippen LogP contribution in [-0.2, 0) is 4.74 Å². The molecule has 0 aliphatic rings. The maximum Gasteiger partial charge on any atom is 0.122 e. The van der Waals surface area contributed by atoms with Crippen LogP contribution in [0.1, 0.15) is 24.1 Å². The molecule has 0 fully saturated rings. The van der Waals surface area contributed by atoms with Crippen LogP contribution in [0.5, 0.6) is 5.75 Å². The number of aryl methyl sites for hydroxylation is 1. The van der Waals surface area contributed by atoms with Gasteiger partial charge < -0.3 is 15.2 Å². The van der Waals surface area contributed by atoms with Gasteiger partial charge >= 0.3 is 0 Å². The van der Waals surface area contributed by atoms with Gasteiger partial charge in [-0.05, 0) is 31.0 Å². The van der Waals surface area contributed by atoms with Crippen molar-refractivity contribution in [1.82, 2.24) is 0 Å². The minimum absolute atomic E-state index is 0.0664. The largest absolute Gasteiger partial charge is 0.491 e. The van der Waals surface area contributed by atoms with Crippen molar-refractivity contribution in [3.05, 3.63) is 29.3 Å². The Hall–Kier alpha value is -1.06. The zero-order valence-electron chi connectivity index (χ0n) is 9.62. The van der Waals surface area contributed by atoms with Gasteiger partial charge in [0.1, 0.15) is 12.4 Å². The first-order chi connectivity index (χ1) is 7.15. The molecular formula is C12H19NO2. The van der Waals surface area contributed by atoms with E-state index in [1.165, 1.54) is 0 Å². The van der Waals surface area contributed by atoms with Crippen LogP contribution < -0.4 is 10.5 Å². The molecule has 0 bridgehead atoms. The molecule has 84 valence electrons. The minimum atomic E-state index is 0.0664. The summed E-state index contributed by atoms with van der Waals surface area (Å²) in [6.45, 7) is 5.18. The zero-order chi connectivity index (χ0) is 11.3. The topological polar surface area (TPSA) is 44.5 Å². The maximum absolute atomic E-state index is 5.79. The minimum Gasteiger partial charge on any atom is -0.491 e. The molecule has 1 atom stereocenters. The van der Waals surface area contributed by atoms with Gasteiger partial charge in [-0.15, -0.1) is 0 Å². The van der Waals surface area contributed by atoms with Crippen LogP contribution in [0.4, 0.5) is 0 Å². The van der Waals surface area contributed by atoms with Crippen LogP contribution in [0.25, 0.3) is 0 Å². The number of rotatable bonds is 5. The summed E-state index contributed by atoms with van der Waals surface area (Å²) in [5, 5.41) is 0. The second kappa shape index (κ2) is 5.73. The van der Waals surface area contributed by atoms with Crippen molar-refractivity contribution >= 4 is 0 Å². The number of hydrogen-bond acceptors (Lipinski definition) is 3. The Morgan fingerprint density at radius 1 is 1.33 bits per heavy atom. The van der Waals surface area contributed by atoms with Crippen molar-refractivity contribution in [3.63, 3.8) is 0 Å². The van der Waals surface area contributed by atoms with Crippen molar-refractivity contribution in [2.24, 2.45) is 5.73 Å². The Balaban J connectivity index is 2.66. The number of nitrogens with two attached hydrogens (primary N) is 1. The molecule has 0 aromatic heterocycles. The molecule has 1 unspecified atom stereocenters. The van der Waals surface area contributed by atoms with E-state index in [0.29, 0.717) is 13.2 Å². The third-order valence-electron chi connectivity index (χ3n) is 2.27. The Morgan fingerprint density at radius 3 is 2.60 bits per heavy atom. The molecule has 0 aliphatic carbocycles. The number of benzene rings is 1. The van der Waals surface area contributed by atoms with Crippen LogP contribution in [-0.4, -0.2) is 20.3 Å². The van der Waals surface area contributed by atoms with E-state index in [1.54, 1.807) is 7.11 Å². The molecule has 0 amide bonds. The van der Waals surface area contributed by atoms with Gasteiger partial charge in [-0.2, -0.15) is 0 Å². The van der Waals surface area contributed by atoms with Gasteiger partial charge in [0.05, 0.1) is 6.61 Å². The lowest BCUT2D eigenvalue weighted by molar-refractivity contribution is 0.146. The van der Waals surface area contributed by atoms with Gasteiger partial charge in [-0.3, -0.25) is 0 Å². The third-order valence-corrected chi connectivity index (χ3v) is 2.27. The summed E-state index contributed by atoms with van der Waals surface area (Å²) in [4.78, 5) is 0. The SMILES string of the molecule is COCCOc1ccc(C(C)N)cc1C. The van der Waals surface area contributed by atoms with E-state index < -0.39 is 0 Å². The van der Waals surface area contributed by atoms with E-state index in [4.69, 9.17) is 15.2 Å². The second-order valence-corrected chi connectivity index (χ2v) is 3.65. The van der Waals surface area contributed by atoms with Crippen LogP contribution in [0.3, 0.4) is 0 Å². The molecule has 0 heterocycles. The van der Waals surface area contributed by atoms with Crippen LogP contribution >= 0.6 is 0 Å².